The molecule has 0 aromatic heterocycles. The largest absolute Gasteiger partial charge is 0.508 e. The van der Waals surface area contributed by atoms with Crippen molar-refractivity contribution in [3.05, 3.63) is 89.5 Å². The number of amides is 11. The van der Waals surface area contributed by atoms with Gasteiger partial charge in [-0.25, -0.2) is 4.79 Å². The molecule has 0 aliphatic carbocycles. The summed E-state index contributed by atoms with van der Waals surface area (Å²) in [6.45, 7) is 5.28. The maximum Gasteiger partial charge on any atom is 0.488 e. The van der Waals surface area contributed by atoms with Crippen molar-refractivity contribution in [2.45, 2.75) is 241 Å². The lowest BCUT2D eigenvalue weighted by atomic mass is 9.80. The zero-order valence-electron chi connectivity index (χ0n) is 66.6. The fourth-order valence-electron chi connectivity index (χ4n) is 12.4. The van der Waals surface area contributed by atoms with Crippen LogP contribution in [-0.4, -0.2) is 228 Å². The van der Waals surface area contributed by atoms with Crippen molar-refractivity contribution in [3.63, 3.8) is 0 Å². The molecule has 36 nitrogen and oxygen atoms in total. The summed E-state index contributed by atoms with van der Waals surface area (Å²) in [6, 6.07) is 3.36. The number of hydrogen-bond donors (Lipinski definition) is 24. The van der Waals surface area contributed by atoms with Gasteiger partial charge in [0.05, 0.1) is 6.04 Å². The molecular formula is C77H128B2N18O18. The number of carboxylic acid groups (broad SMARTS) is 1. The van der Waals surface area contributed by atoms with Crippen molar-refractivity contribution in [1.29, 1.82) is 0 Å². The Kier molecular flexibility index (Phi) is 49.5. The highest BCUT2D eigenvalue weighted by atomic mass is 16.4. The van der Waals surface area contributed by atoms with Crippen LogP contribution < -0.4 is 110 Å². The van der Waals surface area contributed by atoms with Gasteiger partial charge >= 0.3 is 20.2 Å². The molecule has 38 heteroatoms. The Balaban J connectivity index is 2.05. The number of hydrogen-bond acceptors (Lipinski definition) is 24. The molecule has 0 spiro atoms. The summed E-state index contributed by atoms with van der Waals surface area (Å²) >= 11 is 0. The minimum Gasteiger partial charge on any atom is -0.508 e. The Morgan fingerprint density at radius 1 is 0.330 bits per heavy atom. The number of carbonyl (C=O) groups excluding carboxylic acids is 11. The van der Waals surface area contributed by atoms with Crippen LogP contribution in [0.4, 0.5) is 0 Å². The summed E-state index contributed by atoms with van der Waals surface area (Å²) in [5.41, 5.74) is 42.3. The molecule has 0 aliphatic heterocycles. The molecule has 0 fully saturated rings. The molecule has 0 unspecified atom stereocenters. The van der Waals surface area contributed by atoms with Crippen LogP contribution in [0.1, 0.15) is 201 Å². The van der Waals surface area contributed by atoms with Gasteiger partial charge < -0.3 is 129 Å². The highest BCUT2D eigenvalue weighted by molar-refractivity contribution is 6.59. The van der Waals surface area contributed by atoms with Gasteiger partial charge in [0, 0.05) is 30.6 Å². The Morgan fingerprint density at radius 3 is 0.852 bits per heavy atom. The van der Waals surface area contributed by atoms with Gasteiger partial charge in [-0.1, -0.05) is 56.7 Å². The number of rotatable bonds is 61. The van der Waals surface area contributed by atoms with Crippen LogP contribution >= 0.6 is 0 Å². The van der Waals surface area contributed by atoms with Crippen LogP contribution in [0.2, 0.25) is 0 Å². The van der Waals surface area contributed by atoms with Gasteiger partial charge in [-0.05, 0) is 252 Å². The molecular weight excluding hydrogens is 1490 g/mol. The Hall–Kier alpha value is -9.21. The number of aliphatic carboxylic acids is 1. The first-order valence-corrected chi connectivity index (χ1v) is 40.2. The zero-order valence-corrected chi connectivity index (χ0v) is 66.6. The molecule has 0 saturated heterocycles. The third-order valence-corrected chi connectivity index (χ3v) is 19.2. The van der Waals surface area contributed by atoms with E-state index in [0.29, 0.717) is 95.7 Å². The van der Waals surface area contributed by atoms with Crippen molar-refractivity contribution in [2.75, 3.05) is 52.4 Å². The average Bonchev–Trinajstić information content (AvgIpc) is 1.07. The molecule has 640 valence electrons. The van der Waals surface area contributed by atoms with Gasteiger partial charge in [-0.3, -0.25) is 52.7 Å². The third kappa shape index (κ3) is 39.8. The number of nitrogens with two attached hydrogens (primary N) is 7. The second kappa shape index (κ2) is 56.9. The number of unbranched alkanes of at least 4 members (excludes halogenated alkanes) is 8. The smallest absolute Gasteiger partial charge is 0.488 e. The maximum absolute atomic E-state index is 15.0. The Labute approximate surface area is 674 Å². The number of aromatic hydroxyl groups is 1. The predicted molar refractivity (Wildman–Crippen MR) is 437 cm³/mol. The minimum atomic E-state index is -1.77. The number of nitrogens with one attached hydrogen (secondary N) is 11. The topological polar surface area (TPSA) is 641 Å². The summed E-state index contributed by atoms with van der Waals surface area (Å²) in [7, 11) is -3.53. The molecule has 3 rings (SSSR count). The molecule has 31 N–H and O–H groups in total. The van der Waals surface area contributed by atoms with E-state index in [0.717, 1.165) is 0 Å². The lowest BCUT2D eigenvalue weighted by molar-refractivity contribution is -0.142. The summed E-state index contributed by atoms with van der Waals surface area (Å²) in [5.74, 6) is -10.0. The fourth-order valence-corrected chi connectivity index (χ4v) is 12.4. The molecule has 11 amide bonds. The highest BCUT2D eigenvalue weighted by Crippen LogP contribution is 2.17. The van der Waals surface area contributed by atoms with Crippen molar-refractivity contribution in [1.82, 2.24) is 58.5 Å². The number of phenolic OH excluding ortho intramolecular Hbond substituents is 1. The van der Waals surface area contributed by atoms with Crippen LogP contribution in [0.25, 0.3) is 0 Å². The van der Waals surface area contributed by atoms with E-state index >= 15 is 4.79 Å². The second-order valence-corrected chi connectivity index (χ2v) is 29.2. The first kappa shape index (κ1) is 100.0. The third-order valence-electron chi connectivity index (χ3n) is 19.2. The summed E-state index contributed by atoms with van der Waals surface area (Å²) in [4.78, 5) is 170. The SMILES string of the molecule is CC(C)C[C@H](NC(=O)[C@H](CCCCN)NC(=O)[C@H](CCCCN)NC(=O)[C@H](CCCCN)NC(=O)[C@H](CCCCN)NC(=O)[C@H](CCCCN)NC(=O)[C@@H](N)CCCCN)C(=O)N[C@@H](CCCCNC(=O)c1ccc(B(O)O)cc1)C(=O)N[C@@H](CCCCNC(=O)c1ccc(B(O)O)cc1)C(=O)N[C@@H](Cc1ccc(O)cc1)C(=O)O. The van der Waals surface area contributed by atoms with Crippen molar-refractivity contribution in [3.8, 4) is 5.75 Å². The number of carboxylic acids is 1. The highest BCUT2D eigenvalue weighted by Gasteiger charge is 2.37. The normalized spacial score (nSPS) is 13.8. The van der Waals surface area contributed by atoms with E-state index in [2.05, 4.69) is 58.5 Å². The molecule has 3 aromatic carbocycles. The standard InChI is InChI=1S/C77H128B2N18O18/c1-49(2)47-64(96-74(107)61(24-8-16-44-85)93-72(105)60(23-7-15-43-84)92-71(104)59(22-6-14-42-83)91-70(103)58(21-5-13-41-82)90-69(102)57(20-4-12-40-81)89-68(101)56(86)19-3-11-39-80)76(109)95-62(25-9-17-45-87-66(99)51-29-33-53(34-30-51)78(112)113)73(106)94-63(75(108)97-65(77(110)111)48-50-27-37-55(98)38-28-50)26-10-18-46-88-67(100)52-31-35-54(36-32-52)79(114)115/h27-38,49,56-65,98,112-115H,3-26,39-48,80-86H2,1-2H3,(H,87,99)(H,88,100)(H,89,101)(H,90,102)(H,91,103)(H,92,104)(H,93,105)(H,94,106)(H,95,109)(H,96,107)(H,97,108)(H,110,111)/t56-,57-,58-,59-,60-,61-,62-,63-,64-,65-/m0/s1. The van der Waals surface area contributed by atoms with Gasteiger partial charge in [0.2, 0.25) is 53.2 Å². The van der Waals surface area contributed by atoms with Crippen molar-refractivity contribution >= 4 is 96.1 Å². The van der Waals surface area contributed by atoms with Crippen LogP contribution in [0.5, 0.6) is 5.75 Å². The van der Waals surface area contributed by atoms with Crippen LogP contribution in [-0.2, 0) is 54.4 Å². The summed E-state index contributed by atoms with van der Waals surface area (Å²) in [5, 5.41) is 88.6. The number of phenols is 1. The van der Waals surface area contributed by atoms with Crippen LogP contribution in [0.15, 0.2) is 72.8 Å². The van der Waals surface area contributed by atoms with E-state index in [1.165, 1.54) is 72.8 Å². The Morgan fingerprint density at radius 2 is 0.583 bits per heavy atom. The van der Waals surface area contributed by atoms with Gasteiger partial charge in [-0.2, -0.15) is 0 Å². The Bertz CT molecular complexity index is 3450. The molecule has 115 heavy (non-hydrogen) atoms. The van der Waals surface area contributed by atoms with E-state index in [1.807, 2.05) is 0 Å². The average molecular weight is 1620 g/mol. The predicted octanol–water partition coefficient (Wildman–Crippen LogP) is -3.91. The summed E-state index contributed by atoms with van der Waals surface area (Å²) < 4.78 is 0. The lowest BCUT2D eigenvalue weighted by Crippen LogP contribution is -2.60. The van der Waals surface area contributed by atoms with Crippen molar-refractivity contribution in [2.24, 2.45) is 46.1 Å². The van der Waals surface area contributed by atoms with E-state index < -0.39 is 146 Å². The van der Waals surface area contributed by atoms with Crippen LogP contribution in [0.3, 0.4) is 0 Å². The van der Waals surface area contributed by atoms with E-state index in [9.17, 15) is 83.0 Å². The first-order chi connectivity index (χ1) is 55.0. The molecule has 0 saturated carbocycles. The quantitative estimate of drug-likeness (QED) is 0.0190. The van der Waals surface area contributed by atoms with Crippen LogP contribution in [0, 0.1) is 5.92 Å². The van der Waals surface area contributed by atoms with E-state index in [4.69, 9.17) is 40.1 Å². The van der Waals surface area contributed by atoms with E-state index in [-0.39, 0.29) is 163 Å². The second-order valence-electron chi connectivity index (χ2n) is 29.2. The van der Waals surface area contributed by atoms with Gasteiger partial charge in [0.1, 0.15) is 60.1 Å². The number of benzene rings is 3. The zero-order chi connectivity index (χ0) is 85.2. The maximum atomic E-state index is 15.0. The molecule has 3 aromatic rings. The van der Waals surface area contributed by atoms with Gasteiger partial charge in [0.15, 0.2) is 0 Å². The first-order valence-electron chi connectivity index (χ1n) is 40.2. The molecule has 0 aliphatic rings. The monoisotopic (exact) mass is 1610 g/mol. The number of carbonyl (C=O) groups is 12. The molecule has 0 heterocycles. The minimum absolute atomic E-state index is 0.00283. The summed E-state index contributed by atoms with van der Waals surface area (Å²) in [6.07, 6.45) is 5.88. The molecule has 0 radical (unpaired) electrons. The van der Waals surface area contributed by atoms with Gasteiger partial charge in [-0.15, -0.1) is 0 Å². The van der Waals surface area contributed by atoms with E-state index in [1.54, 1.807) is 13.8 Å². The molecule has 10 atom stereocenters. The van der Waals surface area contributed by atoms with Gasteiger partial charge in [0.25, 0.3) is 11.8 Å². The fraction of sp³-hybridized carbons (Fsp3) is 0.610. The van der Waals surface area contributed by atoms with Crippen molar-refractivity contribution < 1.29 is 87.8 Å². The lowest BCUT2D eigenvalue weighted by Gasteiger charge is -2.29. The molecule has 0 bridgehead atoms.